The van der Waals surface area contributed by atoms with Crippen molar-refractivity contribution in [3.05, 3.63) is 29.3 Å². The molecule has 1 aromatic rings. The Morgan fingerprint density at radius 2 is 1.82 bits per heavy atom. The van der Waals surface area contributed by atoms with Crippen molar-refractivity contribution in [2.75, 3.05) is 12.3 Å². The number of nitrogens with two attached hydrogens (primary N) is 1. The van der Waals surface area contributed by atoms with Gasteiger partial charge < -0.3 is 5.73 Å². The van der Waals surface area contributed by atoms with E-state index in [0.29, 0.717) is 12.0 Å². The van der Waals surface area contributed by atoms with Gasteiger partial charge in [-0.15, -0.1) is 0 Å². The molecule has 0 fully saturated rings. The van der Waals surface area contributed by atoms with Gasteiger partial charge in [0.2, 0.25) is 0 Å². The first-order chi connectivity index (χ1) is 7.90. The summed E-state index contributed by atoms with van der Waals surface area (Å²) in [5, 5.41) is 0. The van der Waals surface area contributed by atoms with Crippen LogP contribution < -0.4 is 5.73 Å². The first-order valence-electron chi connectivity index (χ1n) is 6.49. The summed E-state index contributed by atoms with van der Waals surface area (Å²) in [7, 11) is 0. The van der Waals surface area contributed by atoms with E-state index in [0.717, 1.165) is 18.8 Å². The van der Waals surface area contributed by atoms with Crippen molar-refractivity contribution in [3.63, 3.8) is 0 Å². The van der Waals surface area contributed by atoms with Crippen LogP contribution in [0.3, 0.4) is 0 Å². The lowest BCUT2D eigenvalue weighted by molar-refractivity contribution is 0.189. The Morgan fingerprint density at radius 3 is 2.35 bits per heavy atom. The molecule has 0 aliphatic heterocycles. The van der Waals surface area contributed by atoms with Crippen molar-refractivity contribution in [2.24, 2.45) is 5.92 Å². The van der Waals surface area contributed by atoms with Gasteiger partial charge in [-0.1, -0.05) is 31.5 Å². The molecule has 0 radical (unpaired) electrons. The molecule has 2 nitrogen and oxygen atoms in total. The highest BCUT2D eigenvalue weighted by molar-refractivity contribution is 5.48. The number of nitrogens with zero attached hydrogens (tertiary/aromatic N) is 1. The van der Waals surface area contributed by atoms with Crippen molar-refractivity contribution in [1.29, 1.82) is 0 Å². The molecule has 0 aromatic heterocycles. The zero-order chi connectivity index (χ0) is 13.0. The average molecular weight is 234 g/mol. The number of hydrogen-bond donors (Lipinski definition) is 1. The van der Waals surface area contributed by atoms with Crippen LogP contribution in [0.5, 0.6) is 0 Å². The molecule has 0 unspecified atom stereocenters. The fourth-order valence-electron chi connectivity index (χ4n) is 2.02. The molecule has 0 aliphatic carbocycles. The third-order valence-corrected chi connectivity index (χ3v) is 3.00. The molecule has 1 aromatic carbocycles. The molecule has 0 saturated carbocycles. The van der Waals surface area contributed by atoms with E-state index >= 15 is 0 Å². The average Bonchev–Trinajstić information content (AvgIpc) is 2.21. The Morgan fingerprint density at radius 1 is 1.18 bits per heavy atom. The summed E-state index contributed by atoms with van der Waals surface area (Å²) < 4.78 is 0. The molecule has 0 heterocycles. The summed E-state index contributed by atoms with van der Waals surface area (Å²) in [6.07, 6.45) is 0. The van der Waals surface area contributed by atoms with Gasteiger partial charge in [0.05, 0.1) is 0 Å². The molecule has 0 spiro atoms. The second-order valence-corrected chi connectivity index (χ2v) is 5.62. The normalized spacial score (nSPS) is 11.8. The smallest absolute Gasteiger partial charge is 0.0359 e. The highest BCUT2D eigenvalue weighted by Crippen LogP contribution is 2.18. The second-order valence-electron chi connectivity index (χ2n) is 5.62. The Balaban J connectivity index is 2.81. The van der Waals surface area contributed by atoms with Crippen LogP contribution in [-0.2, 0) is 6.54 Å². The van der Waals surface area contributed by atoms with Crippen LogP contribution in [0.1, 0.15) is 38.8 Å². The molecule has 17 heavy (non-hydrogen) atoms. The van der Waals surface area contributed by atoms with Gasteiger partial charge in [-0.05, 0) is 38.3 Å². The largest absolute Gasteiger partial charge is 0.398 e. The zero-order valence-electron chi connectivity index (χ0n) is 11.8. The summed E-state index contributed by atoms with van der Waals surface area (Å²) in [4.78, 5) is 2.48. The minimum absolute atomic E-state index is 0.553. The number of aryl methyl sites for hydroxylation is 1. The SMILES string of the molecule is Cc1ccc(N)c(CN(CC(C)C)C(C)C)c1. The van der Waals surface area contributed by atoms with Gasteiger partial charge in [0.15, 0.2) is 0 Å². The molecular weight excluding hydrogens is 208 g/mol. The lowest BCUT2D eigenvalue weighted by Gasteiger charge is -2.28. The topological polar surface area (TPSA) is 29.3 Å². The highest BCUT2D eigenvalue weighted by Gasteiger charge is 2.13. The van der Waals surface area contributed by atoms with E-state index in [4.69, 9.17) is 5.73 Å². The lowest BCUT2D eigenvalue weighted by Crippen LogP contribution is -2.33. The molecule has 0 saturated heterocycles. The quantitative estimate of drug-likeness (QED) is 0.791. The summed E-state index contributed by atoms with van der Waals surface area (Å²) in [6, 6.07) is 6.84. The molecule has 0 bridgehead atoms. The maximum atomic E-state index is 6.04. The maximum Gasteiger partial charge on any atom is 0.0359 e. The standard InChI is InChI=1S/C15H26N2/c1-11(2)9-17(12(3)4)10-14-8-13(5)6-7-15(14)16/h6-8,11-12H,9-10,16H2,1-5H3. The zero-order valence-corrected chi connectivity index (χ0v) is 11.8. The van der Waals surface area contributed by atoms with Crippen molar-refractivity contribution >= 4 is 5.69 Å². The van der Waals surface area contributed by atoms with Crippen LogP contribution in [0.25, 0.3) is 0 Å². The van der Waals surface area contributed by atoms with Crippen LogP contribution in [0, 0.1) is 12.8 Å². The maximum absolute atomic E-state index is 6.04. The third-order valence-electron chi connectivity index (χ3n) is 3.00. The highest BCUT2D eigenvalue weighted by atomic mass is 15.1. The molecule has 0 amide bonds. The van der Waals surface area contributed by atoms with Gasteiger partial charge in [0.25, 0.3) is 0 Å². The van der Waals surface area contributed by atoms with Crippen LogP contribution in [0.4, 0.5) is 5.69 Å². The number of nitrogen functional groups attached to an aromatic ring is 1. The van der Waals surface area contributed by atoms with Crippen molar-refractivity contribution in [1.82, 2.24) is 4.90 Å². The van der Waals surface area contributed by atoms with Gasteiger partial charge in [-0.3, -0.25) is 4.90 Å². The van der Waals surface area contributed by atoms with E-state index in [1.807, 2.05) is 6.07 Å². The minimum atomic E-state index is 0.553. The molecule has 0 atom stereocenters. The molecular formula is C15H26N2. The molecule has 2 heteroatoms. The molecule has 0 aliphatic rings. The van der Waals surface area contributed by atoms with Crippen LogP contribution in [0.15, 0.2) is 18.2 Å². The van der Waals surface area contributed by atoms with Crippen LogP contribution in [0.2, 0.25) is 0 Å². The van der Waals surface area contributed by atoms with E-state index in [2.05, 4.69) is 51.7 Å². The predicted octanol–water partition coefficient (Wildman–Crippen LogP) is 3.44. The number of benzene rings is 1. The van der Waals surface area contributed by atoms with Gasteiger partial charge in [0.1, 0.15) is 0 Å². The van der Waals surface area contributed by atoms with Gasteiger partial charge in [0, 0.05) is 24.8 Å². The Bertz CT molecular complexity index is 356. The first kappa shape index (κ1) is 14.0. The Kier molecular flexibility index (Phi) is 5.01. The fourth-order valence-corrected chi connectivity index (χ4v) is 2.02. The van der Waals surface area contributed by atoms with Crippen LogP contribution >= 0.6 is 0 Å². The molecule has 96 valence electrons. The number of rotatable bonds is 5. The van der Waals surface area contributed by atoms with E-state index < -0.39 is 0 Å². The fraction of sp³-hybridized carbons (Fsp3) is 0.600. The van der Waals surface area contributed by atoms with Gasteiger partial charge >= 0.3 is 0 Å². The summed E-state index contributed by atoms with van der Waals surface area (Å²) in [6.45, 7) is 13.2. The van der Waals surface area contributed by atoms with Gasteiger partial charge in [-0.2, -0.15) is 0 Å². The Hall–Kier alpha value is -1.02. The summed E-state index contributed by atoms with van der Waals surface area (Å²) in [5.41, 5.74) is 9.48. The first-order valence-corrected chi connectivity index (χ1v) is 6.49. The van der Waals surface area contributed by atoms with Crippen molar-refractivity contribution in [3.8, 4) is 0 Å². The summed E-state index contributed by atoms with van der Waals surface area (Å²) >= 11 is 0. The van der Waals surface area contributed by atoms with Crippen molar-refractivity contribution in [2.45, 2.75) is 47.2 Å². The van der Waals surface area contributed by atoms with E-state index in [1.165, 1.54) is 11.1 Å². The Labute approximate surface area is 106 Å². The van der Waals surface area contributed by atoms with Crippen molar-refractivity contribution < 1.29 is 0 Å². The van der Waals surface area contributed by atoms with E-state index in [1.54, 1.807) is 0 Å². The van der Waals surface area contributed by atoms with E-state index in [9.17, 15) is 0 Å². The number of anilines is 1. The predicted molar refractivity (Wildman–Crippen MR) is 76.0 cm³/mol. The third kappa shape index (κ3) is 4.39. The second kappa shape index (κ2) is 6.06. The monoisotopic (exact) mass is 234 g/mol. The number of hydrogen-bond acceptors (Lipinski definition) is 2. The summed E-state index contributed by atoms with van der Waals surface area (Å²) in [5.74, 6) is 0.684. The van der Waals surface area contributed by atoms with Crippen LogP contribution in [-0.4, -0.2) is 17.5 Å². The lowest BCUT2D eigenvalue weighted by atomic mass is 10.1. The van der Waals surface area contributed by atoms with Gasteiger partial charge in [-0.25, -0.2) is 0 Å². The van der Waals surface area contributed by atoms with E-state index in [-0.39, 0.29) is 0 Å². The molecule has 1 rings (SSSR count). The molecule has 2 N–H and O–H groups in total. The minimum Gasteiger partial charge on any atom is -0.398 e.